The van der Waals surface area contributed by atoms with E-state index in [2.05, 4.69) is 5.32 Å². The molecule has 0 saturated heterocycles. The van der Waals surface area contributed by atoms with Gasteiger partial charge < -0.3 is 10.4 Å². The van der Waals surface area contributed by atoms with Crippen LogP contribution in [-0.4, -0.2) is 23.7 Å². The smallest absolute Gasteiger partial charge is 0.230 e. The molecule has 2 N–H and O–H groups in total. The highest BCUT2D eigenvalue weighted by Crippen LogP contribution is 2.44. The van der Waals surface area contributed by atoms with E-state index in [1.165, 1.54) is 12.1 Å². The summed E-state index contributed by atoms with van der Waals surface area (Å²) in [6.07, 6.45) is 2.60. The molecular formula is C16H22FNO2. The van der Waals surface area contributed by atoms with E-state index in [4.69, 9.17) is 5.11 Å². The van der Waals surface area contributed by atoms with Gasteiger partial charge in [-0.15, -0.1) is 0 Å². The molecule has 1 aliphatic carbocycles. The van der Waals surface area contributed by atoms with Crippen molar-refractivity contribution < 1.29 is 14.3 Å². The monoisotopic (exact) mass is 279 g/mol. The Hall–Kier alpha value is -1.42. The Balaban J connectivity index is 2.14. The van der Waals surface area contributed by atoms with E-state index in [1.54, 1.807) is 12.1 Å². The van der Waals surface area contributed by atoms with Crippen LogP contribution in [0.2, 0.25) is 0 Å². The van der Waals surface area contributed by atoms with Crippen LogP contribution in [0.5, 0.6) is 0 Å². The van der Waals surface area contributed by atoms with Crippen LogP contribution in [0.3, 0.4) is 0 Å². The summed E-state index contributed by atoms with van der Waals surface area (Å²) in [5, 5.41) is 12.1. The van der Waals surface area contributed by atoms with E-state index in [0.29, 0.717) is 0 Å². The zero-order valence-electron chi connectivity index (χ0n) is 12.0. The van der Waals surface area contributed by atoms with Gasteiger partial charge in [0.2, 0.25) is 5.91 Å². The summed E-state index contributed by atoms with van der Waals surface area (Å²) in [4.78, 5) is 12.6. The molecular weight excluding hydrogens is 257 g/mol. The Kier molecular flexibility index (Phi) is 4.43. The molecule has 0 spiro atoms. The lowest BCUT2D eigenvalue weighted by Crippen LogP contribution is -2.52. The number of carbonyl (C=O) groups excluding carboxylic acids is 1. The van der Waals surface area contributed by atoms with Gasteiger partial charge in [0.1, 0.15) is 5.82 Å². The van der Waals surface area contributed by atoms with Crippen molar-refractivity contribution in [1.29, 1.82) is 0 Å². The molecule has 1 fully saturated rings. The summed E-state index contributed by atoms with van der Waals surface area (Å²) in [6, 6.07) is 6.14. The molecule has 0 heterocycles. The van der Waals surface area contributed by atoms with Crippen LogP contribution >= 0.6 is 0 Å². The van der Waals surface area contributed by atoms with Gasteiger partial charge in [-0.05, 0) is 43.4 Å². The van der Waals surface area contributed by atoms with Crippen LogP contribution in [-0.2, 0) is 10.2 Å². The maximum Gasteiger partial charge on any atom is 0.230 e. The zero-order valence-corrected chi connectivity index (χ0v) is 12.0. The first-order valence-electron chi connectivity index (χ1n) is 7.17. The van der Waals surface area contributed by atoms with Gasteiger partial charge in [0.25, 0.3) is 0 Å². The van der Waals surface area contributed by atoms with Crippen LogP contribution in [0.1, 0.15) is 38.7 Å². The molecule has 1 saturated carbocycles. The van der Waals surface area contributed by atoms with Crippen LogP contribution < -0.4 is 5.32 Å². The number of carbonyl (C=O) groups is 1. The van der Waals surface area contributed by atoms with Gasteiger partial charge >= 0.3 is 0 Å². The van der Waals surface area contributed by atoms with Crippen molar-refractivity contribution >= 4 is 5.91 Å². The minimum Gasteiger partial charge on any atom is -0.396 e. The Labute approximate surface area is 119 Å². The number of halogens is 1. The molecule has 0 bridgehead atoms. The number of rotatable bonds is 5. The lowest BCUT2D eigenvalue weighted by atomic mass is 9.63. The molecule has 1 aromatic rings. The molecule has 1 aliphatic rings. The Morgan fingerprint density at radius 1 is 1.35 bits per heavy atom. The average Bonchev–Trinajstić information content (AvgIpc) is 2.38. The maximum absolute atomic E-state index is 13.0. The average molecular weight is 279 g/mol. The topological polar surface area (TPSA) is 49.3 Å². The fourth-order valence-electron chi connectivity index (χ4n) is 2.59. The Morgan fingerprint density at radius 3 is 2.40 bits per heavy atom. The second-order valence-corrected chi connectivity index (χ2v) is 5.86. The van der Waals surface area contributed by atoms with Crippen molar-refractivity contribution in [2.24, 2.45) is 5.92 Å². The van der Waals surface area contributed by atoms with E-state index in [9.17, 15) is 9.18 Å². The molecule has 0 aliphatic heterocycles. The van der Waals surface area contributed by atoms with Crippen molar-refractivity contribution in [2.75, 3.05) is 6.61 Å². The first-order valence-corrected chi connectivity index (χ1v) is 7.17. The van der Waals surface area contributed by atoms with Gasteiger partial charge in [-0.25, -0.2) is 4.39 Å². The molecule has 0 aromatic heterocycles. The van der Waals surface area contributed by atoms with Crippen molar-refractivity contribution in [3.63, 3.8) is 0 Å². The van der Waals surface area contributed by atoms with E-state index in [0.717, 1.165) is 24.8 Å². The first-order chi connectivity index (χ1) is 9.49. The Bertz CT molecular complexity index is 468. The number of hydrogen-bond donors (Lipinski definition) is 2. The number of amides is 1. The highest BCUT2D eigenvalue weighted by molar-refractivity contribution is 5.89. The number of aliphatic hydroxyl groups is 1. The zero-order chi connectivity index (χ0) is 14.8. The van der Waals surface area contributed by atoms with Crippen molar-refractivity contribution in [3.05, 3.63) is 35.6 Å². The predicted octanol–water partition coefficient (Wildman–Crippen LogP) is 2.38. The molecule has 4 heteroatoms. The molecule has 2 rings (SSSR count). The van der Waals surface area contributed by atoms with Crippen LogP contribution in [0.25, 0.3) is 0 Å². The fraction of sp³-hybridized carbons (Fsp3) is 0.562. The standard InChI is InChI=1S/C16H22FNO2/c1-11(10-19)12(2)18-15(20)16(8-3-9-16)13-4-6-14(17)7-5-13/h4-7,11-12,19H,3,8-10H2,1-2H3,(H,18,20). The molecule has 2 unspecified atom stereocenters. The quantitative estimate of drug-likeness (QED) is 0.869. The van der Waals surface area contributed by atoms with Crippen molar-refractivity contribution in [2.45, 2.75) is 44.6 Å². The SMILES string of the molecule is CC(CO)C(C)NC(=O)C1(c2ccc(F)cc2)CCC1. The number of aliphatic hydroxyl groups excluding tert-OH is 1. The third kappa shape index (κ3) is 2.70. The molecule has 0 radical (unpaired) electrons. The Morgan fingerprint density at radius 2 is 1.95 bits per heavy atom. The molecule has 2 atom stereocenters. The van der Waals surface area contributed by atoms with Gasteiger partial charge in [-0.2, -0.15) is 0 Å². The van der Waals surface area contributed by atoms with E-state index < -0.39 is 5.41 Å². The second kappa shape index (κ2) is 5.92. The lowest BCUT2D eigenvalue weighted by Gasteiger charge is -2.41. The normalized spacial score (nSPS) is 19.8. The third-order valence-corrected chi connectivity index (χ3v) is 4.54. The highest BCUT2D eigenvalue weighted by atomic mass is 19.1. The van der Waals surface area contributed by atoms with Crippen LogP contribution in [0.4, 0.5) is 4.39 Å². The summed E-state index contributed by atoms with van der Waals surface area (Å²) >= 11 is 0. The number of hydrogen-bond acceptors (Lipinski definition) is 2. The number of nitrogens with one attached hydrogen (secondary N) is 1. The van der Waals surface area contributed by atoms with E-state index >= 15 is 0 Å². The van der Waals surface area contributed by atoms with Crippen LogP contribution in [0.15, 0.2) is 24.3 Å². The molecule has 3 nitrogen and oxygen atoms in total. The summed E-state index contributed by atoms with van der Waals surface area (Å²) < 4.78 is 13.0. The largest absolute Gasteiger partial charge is 0.396 e. The highest BCUT2D eigenvalue weighted by Gasteiger charge is 2.46. The number of benzene rings is 1. The van der Waals surface area contributed by atoms with Gasteiger partial charge in [0.05, 0.1) is 5.41 Å². The molecule has 20 heavy (non-hydrogen) atoms. The minimum atomic E-state index is -0.517. The second-order valence-electron chi connectivity index (χ2n) is 5.86. The summed E-state index contributed by atoms with van der Waals surface area (Å²) in [7, 11) is 0. The third-order valence-electron chi connectivity index (χ3n) is 4.54. The predicted molar refractivity (Wildman–Crippen MR) is 75.8 cm³/mol. The molecule has 110 valence electrons. The lowest BCUT2D eigenvalue weighted by molar-refractivity contribution is -0.131. The van der Waals surface area contributed by atoms with Crippen LogP contribution in [0, 0.1) is 11.7 Å². The maximum atomic E-state index is 13.0. The van der Waals surface area contributed by atoms with Gasteiger partial charge in [-0.3, -0.25) is 4.79 Å². The van der Waals surface area contributed by atoms with Gasteiger partial charge in [-0.1, -0.05) is 25.5 Å². The van der Waals surface area contributed by atoms with Crippen molar-refractivity contribution in [1.82, 2.24) is 5.32 Å². The van der Waals surface area contributed by atoms with Gasteiger partial charge in [0, 0.05) is 12.6 Å². The summed E-state index contributed by atoms with van der Waals surface area (Å²) in [5.74, 6) is -0.279. The minimum absolute atomic E-state index is 0.0110. The van der Waals surface area contributed by atoms with E-state index in [-0.39, 0.29) is 30.3 Å². The first kappa shape index (κ1) is 15.0. The molecule has 1 aromatic carbocycles. The van der Waals surface area contributed by atoms with E-state index in [1.807, 2.05) is 13.8 Å². The molecule has 1 amide bonds. The summed E-state index contributed by atoms with van der Waals surface area (Å²) in [6.45, 7) is 3.84. The summed E-state index contributed by atoms with van der Waals surface area (Å²) in [5.41, 5.74) is 0.364. The fourth-order valence-corrected chi connectivity index (χ4v) is 2.59. The van der Waals surface area contributed by atoms with Crippen molar-refractivity contribution in [3.8, 4) is 0 Å². The van der Waals surface area contributed by atoms with Gasteiger partial charge in [0.15, 0.2) is 0 Å².